The summed E-state index contributed by atoms with van der Waals surface area (Å²) in [4.78, 5) is 10.9. The van der Waals surface area contributed by atoms with Crippen LogP contribution in [0.3, 0.4) is 0 Å². The van der Waals surface area contributed by atoms with Crippen LogP contribution in [0, 0.1) is 18.3 Å². The Morgan fingerprint density at radius 3 is 2.58 bits per heavy atom. The third-order valence-electron chi connectivity index (χ3n) is 5.13. The molecule has 0 bridgehead atoms. The average molecular weight is 443 g/mol. The molecule has 2 heterocycles. The summed E-state index contributed by atoms with van der Waals surface area (Å²) in [5, 5.41) is 28.5. The van der Waals surface area contributed by atoms with Crippen LogP contribution in [0.5, 0.6) is 17.2 Å². The van der Waals surface area contributed by atoms with Gasteiger partial charge in [-0.15, -0.1) is 0 Å². The maximum Gasteiger partial charge on any atom is 0.404 e. The van der Waals surface area contributed by atoms with Crippen LogP contribution in [0.25, 0.3) is 5.52 Å². The highest BCUT2D eigenvalue weighted by Crippen LogP contribution is 2.33. The van der Waals surface area contributed by atoms with Gasteiger partial charge in [-0.05, 0) is 54.4 Å². The minimum atomic E-state index is -1.11. The Morgan fingerprint density at radius 2 is 1.91 bits per heavy atom. The monoisotopic (exact) mass is 443 g/mol. The molecule has 2 aromatic carbocycles. The SMILES string of the molecule is COc1ccccc1Oc1ccc(Nc2c(C#N)cnn3cc(CNC(=O)O)c(C)c23)cc1. The summed E-state index contributed by atoms with van der Waals surface area (Å²) >= 11 is 0. The summed E-state index contributed by atoms with van der Waals surface area (Å²) in [5.74, 6) is 1.87. The minimum Gasteiger partial charge on any atom is -0.493 e. The minimum absolute atomic E-state index is 0.140. The first-order valence-electron chi connectivity index (χ1n) is 10.0. The summed E-state index contributed by atoms with van der Waals surface area (Å²) in [5.41, 5.74) is 4.00. The van der Waals surface area contributed by atoms with E-state index in [4.69, 9.17) is 14.6 Å². The lowest BCUT2D eigenvalue weighted by atomic mass is 10.1. The van der Waals surface area contributed by atoms with E-state index in [0.29, 0.717) is 34.0 Å². The Hall–Kier alpha value is -4.71. The smallest absolute Gasteiger partial charge is 0.404 e. The van der Waals surface area contributed by atoms with Crippen LogP contribution < -0.4 is 20.1 Å². The first kappa shape index (κ1) is 21.5. The van der Waals surface area contributed by atoms with Gasteiger partial charge in [0, 0.05) is 18.4 Å². The number of methoxy groups -OCH3 is 1. The lowest BCUT2D eigenvalue weighted by molar-refractivity contribution is 0.194. The van der Waals surface area contributed by atoms with Crippen LogP contribution in [-0.2, 0) is 6.54 Å². The maximum absolute atomic E-state index is 10.9. The highest BCUT2D eigenvalue weighted by Gasteiger charge is 2.16. The first-order chi connectivity index (χ1) is 16.0. The number of benzene rings is 2. The van der Waals surface area contributed by atoms with Gasteiger partial charge in [0.1, 0.15) is 11.8 Å². The molecule has 3 N–H and O–H groups in total. The number of fused-ring (bicyclic) bond motifs is 1. The molecule has 33 heavy (non-hydrogen) atoms. The van der Waals surface area contributed by atoms with E-state index in [1.807, 2.05) is 55.5 Å². The summed E-state index contributed by atoms with van der Waals surface area (Å²) in [6.45, 7) is 2.01. The van der Waals surface area contributed by atoms with E-state index in [9.17, 15) is 10.1 Å². The Morgan fingerprint density at radius 1 is 1.18 bits per heavy atom. The van der Waals surface area contributed by atoms with Crippen molar-refractivity contribution in [3.05, 3.63) is 77.6 Å². The van der Waals surface area contributed by atoms with Crippen molar-refractivity contribution in [2.75, 3.05) is 12.4 Å². The van der Waals surface area contributed by atoms with Gasteiger partial charge in [-0.3, -0.25) is 0 Å². The number of para-hydroxylation sites is 2. The number of hydrogen-bond acceptors (Lipinski definition) is 6. The number of nitrogens with one attached hydrogen (secondary N) is 2. The van der Waals surface area contributed by atoms with E-state index >= 15 is 0 Å². The highest BCUT2D eigenvalue weighted by molar-refractivity contribution is 5.85. The highest BCUT2D eigenvalue weighted by atomic mass is 16.5. The normalized spacial score (nSPS) is 10.5. The number of hydrogen-bond donors (Lipinski definition) is 3. The number of carbonyl (C=O) groups is 1. The van der Waals surface area contributed by atoms with Gasteiger partial charge in [0.15, 0.2) is 11.5 Å². The van der Waals surface area contributed by atoms with Crippen LogP contribution >= 0.6 is 0 Å². The second-order valence-corrected chi connectivity index (χ2v) is 7.18. The number of aryl methyl sites for hydroxylation is 1. The molecule has 166 valence electrons. The lowest BCUT2D eigenvalue weighted by Gasteiger charge is -2.13. The van der Waals surface area contributed by atoms with E-state index in [-0.39, 0.29) is 6.54 Å². The lowest BCUT2D eigenvalue weighted by Crippen LogP contribution is -2.19. The molecular formula is C24H21N5O4. The quantitative estimate of drug-likeness (QED) is 0.374. The van der Waals surface area contributed by atoms with Crippen LogP contribution in [0.2, 0.25) is 0 Å². The zero-order valence-electron chi connectivity index (χ0n) is 18.0. The fraction of sp³-hybridized carbons (Fsp3) is 0.125. The summed E-state index contributed by atoms with van der Waals surface area (Å²) in [6, 6.07) is 16.9. The Balaban J connectivity index is 1.63. The number of amides is 1. The number of ether oxygens (including phenoxy) is 2. The fourth-order valence-corrected chi connectivity index (χ4v) is 3.48. The zero-order valence-corrected chi connectivity index (χ0v) is 18.0. The van der Waals surface area contributed by atoms with Gasteiger partial charge in [0.25, 0.3) is 0 Å². The van der Waals surface area contributed by atoms with E-state index in [1.54, 1.807) is 17.8 Å². The molecule has 1 amide bonds. The van der Waals surface area contributed by atoms with Gasteiger partial charge in [-0.1, -0.05) is 12.1 Å². The van der Waals surface area contributed by atoms with Crippen LogP contribution in [-0.4, -0.2) is 27.9 Å². The van der Waals surface area contributed by atoms with Crippen molar-refractivity contribution in [3.63, 3.8) is 0 Å². The van der Waals surface area contributed by atoms with Gasteiger partial charge >= 0.3 is 6.09 Å². The molecule has 0 saturated heterocycles. The van der Waals surface area contributed by atoms with Crippen molar-refractivity contribution in [1.29, 1.82) is 5.26 Å². The number of carboxylic acid groups (broad SMARTS) is 1. The van der Waals surface area contributed by atoms with Crippen molar-refractivity contribution in [2.24, 2.45) is 0 Å². The van der Waals surface area contributed by atoms with Crippen molar-refractivity contribution in [2.45, 2.75) is 13.5 Å². The number of aromatic nitrogens is 2. The van der Waals surface area contributed by atoms with Crippen molar-refractivity contribution >= 4 is 23.0 Å². The number of nitriles is 1. The number of rotatable bonds is 7. The van der Waals surface area contributed by atoms with E-state index in [1.165, 1.54) is 6.20 Å². The molecule has 9 nitrogen and oxygen atoms in total. The molecule has 4 aromatic rings. The van der Waals surface area contributed by atoms with Gasteiger partial charge in [-0.2, -0.15) is 10.4 Å². The largest absolute Gasteiger partial charge is 0.493 e. The van der Waals surface area contributed by atoms with E-state index < -0.39 is 6.09 Å². The summed E-state index contributed by atoms with van der Waals surface area (Å²) < 4.78 is 12.9. The van der Waals surface area contributed by atoms with Gasteiger partial charge in [0.2, 0.25) is 0 Å². The molecule has 0 unspecified atom stereocenters. The average Bonchev–Trinajstić information content (AvgIpc) is 3.15. The molecule has 9 heteroatoms. The third-order valence-corrected chi connectivity index (χ3v) is 5.13. The molecule has 0 spiro atoms. The molecule has 0 aliphatic carbocycles. The Kier molecular flexibility index (Phi) is 6.00. The second-order valence-electron chi connectivity index (χ2n) is 7.18. The van der Waals surface area contributed by atoms with Gasteiger partial charge in [-0.25, -0.2) is 9.31 Å². The van der Waals surface area contributed by atoms with E-state index in [0.717, 1.165) is 16.8 Å². The second kappa shape index (κ2) is 9.20. The maximum atomic E-state index is 10.9. The van der Waals surface area contributed by atoms with Crippen LogP contribution in [0.1, 0.15) is 16.7 Å². The van der Waals surface area contributed by atoms with Crippen LogP contribution in [0.15, 0.2) is 60.9 Å². The first-order valence-corrected chi connectivity index (χ1v) is 10.0. The van der Waals surface area contributed by atoms with E-state index in [2.05, 4.69) is 21.8 Å². The molecule has 0 atom stereocenters. The van der Waals surface area contributed by atoms with Gasteiger partial charge in [0.05, 0.1) is 30.1 Å². The molecule has 2 aromatic heterocycles. The molecule has 4 rings (SSSR count). The predicted octanol–water partition coefficient (Wildman–Crippen LogP) is 4.83. The molecular weight excluding hydrogens is 422 g/mol. The summed E-state index contributed by atoms with van der Waals surface area (Å²) in [7, 11) is 1.59. The van der Waals surface area contributed by atoms with Crippen LogP contribution in [0.4, 0.5) is 16.2 Å². The predicted molar refractivity (Wildman–Crippen MR) is 122 cm³/mol. The zero-order chi connectivity index (χ0) is 23.4. The molecule has 0 fully saturated rings. The standard InChI is InChI=1S/C24H21N5O4/c1-15-17(12-26-24(30)31)14-29-23(15)22(16(11-25)13-27-29)28-18-7-9-19(10-8-18)33-21-6-4-3-5-20(21)32-2/h3-10,13-14,26,28H,12H2,1-2H3,(H,30,31). The molecule has 0 aliphatic heterocycles. The van der Waals surface area contributed by atoms with Crippen molar-refractivity contribution in [1.82, 2.24) is 14.9 Å². The Labute approximate surface area is 189 Å². The third kappa shape index (κ3) is 4.50. The molecule has 0 radical (unpaired) electrons. The molecule has 0 saturated carbocycles. The topological polar surface area (TPSA) is 121 Å². The number of anilines is 2. The summed E-state index contributed by atoms with van der Waals surface area (Å²) in [6.07, 6.45) is 2.11. The Bertz CT molecular complexity index is 1360. The van der Waals surface area contributed by atoms with Crippen molar-refractivity contribution < 1.29 is 19.4 Å². The number of nitrogens with zero attached hydrogens (tertiary/aromatic N) is 3. The van der Waals surface area contributed by atoms with Gasteiger partial charge < -0.3 is 25.2 Å². The fourth-order valence-electron chi connectivity index (χ4n) is 3.48. The molecule has 0 aliphatic rings. The van der Waals surface area contributed by atoms with Crippen molar-refractivity contribution in [3.8, 4) is 23.3 Å².